The molecule has 2 unspecified atom stereocenters. The largest absolute Gasteiger partial charge is 0.799 e. The zero-order valence-corrected chi connectivity index (χ0v) is 27.4. The zero-order valence-electron chi connectivity index (χ0n) is 24.7. The van der Waals surface area contributed by atoms with Crippen LogP contribution < -0.4 is 26.1 Å². The van der Waals surface area contributed by atoms with Gasteiger partial charge in [-0.3, -0.25) is 9.13 Å². The number of nitrogens with two attached hydrogens (primary N) is 2. The van der Waals surface area contributed by atoms with E-state index in [0.29, 0.717) is 0 Å². The second kappa shape index (κ2) is 13.2. The number of aliphatic hydroxyl groups excluding tert-OH is 4. The highest BCUT2D eigenvalue weighted by Gasteiger charge is 2.46. The maximum atomic E-state index is 12.6. The predicted molar refractivity (Wildman–Crippen MR) is 156 cm³/mol. The van der Waals surface area contributed by atoms with E-state index < -0.39 is 96.7 Å². The number of aliphatic hydroxyl groups is 4. The summed E-state index contributed by atoms with van der Waals surface area (Å²) in [6, 6.07) is 0. The summed E-state index contributed by atoms with van der Waals surface area (Å²) >= 11 is 0. The van der Waals surface area contributed by atoms with E-state index in [-0.39, 0.29) is 34.0 Å². The lowest BCUT2D eigenvalue weighted by atomic mass is 10.1. The third-order valence-electron chi connectivity index (χ3n) is 7.65. The molecule has 0 saturated carbocycles. The number of rotatable bonds is 12. The third kappa shape index (κ3) is 7.25. The van der Waals surface area contributed by atoms with Crippen molar-refractivity contribution in [2.24, 2.45) is 0 Å². The fourth-order valence-corrected chi connectivity index (χ4v) is 12.1. The molecule has 0 aromatic carbocycles. The van der Waals surface area contributed by atoms with Gasteiger partial charge in [-0.15, -0.1) is 0 Å². The Morgan fingerprint density at radius 1 is 0.673 bits per heavy atom. The number of nitrogens with zero attached hydrogens (tertiary/aromatic N) is 8. The Morgan fingerprint density at radius 2 is 1.06 bits per heavy atom. The molecule has 27 heteroatoms. The number of nitrogen functional groups attached to an aromatic ring is 2. The summed E-state index contributed by atoms with van der Waals surface area (Å²) in [5.74, 6) is -3.46. The first kappa shape index (κ1) is 35.8. The topological polar surface area (TPSA) is 377 Å². The van der Waals surface area contributed by atoms with Crippen LogP contribution in [-0.2, 0) is 32.2 Å². The summed E-state index contributed by atoms with van der Waals surface area (Å²) in [6.45, 7) is -1.90. The number of hydrogen-bond acceptors (Lipinski definition) is 22. The van der Waals surface area contributed by atoms with Gasteiger partial charge in [-0.1, -0.05) is 0 Å². The Bertz CT molecular complexity index is 1860. The van der Waals surface area contributed by atoms with Crippen LogP contribution in [-0.4, -0.2) is 121 Å². The lowest BCUT2D eigenvalue weighted by Crippen LogP contribution is -2.34. The molecule has 24 nitrogen and oxygen atoms in total. The molecule has 0 amide bonds. The van der Waals surface area contributed by atoms with E-state index in [4.69, 9.17) is 30.0 Å². The number of ether oxygens (including phenoxy) is 2. The number of aromatic nitrogens is 8. The Hall–Kier alpha value is -3.05. The maximum absolute atomic E-state index is 12.6. The highest BCUT2D eigenvalue weighted by molar-refractivity contribution is 7.78. The van der Waals surface area contributed by atoms with Gasteiger partial charge in [0.25, 0.3) is 0 Å². The zero-order chi connectivity index (χ0) is 35.5. The first-order valence-corrected chi connectivity index (χ1v) is 19.5. The Morgan fingerprint density at radius 3 is 1.45 bits per heavy atom. The molecule has 0 radical (unpaired) electrons. The molecule has 268 valence electrons. The normalized spacial score (nSPS) is 31.2. The molecule has 2 saturated heterocycles. The first-order chi connectivity index (χ1) is 23.0. The standard InChI is InChI=1S/C22H31N10O14P3/c23-17-11-19(27-3-25-17)31(5-29-11)21-15(35)13(33)9(45-21)1-43-48(39,40)7-47(37,38)8-49(41,42)44-2-10-14(34)16(36)22(46-10)32-6-30-12-18(24)26-4-28-20(12)32/h3-6,9-10,13-16,21-22,33-36H,1-2,7-8H2,(H,37,38)(H,39,40)(H,41,42)(H2,23,25,27)(H2,24,26,28)/p-3/t9-,10-,13-,14-,15-,16-,21-,22-/m1/s1. The molecule has 6 rings (SSSR count). The van der Waals surface area contributed by atoms with Gasteiger partial charge < -0.3 is 78.8 Å². The van der Waals surface area contributed by atoms with Gasteiger partial charge in [-0.25, -0.2) is 29.9 Å². The molecule has 0 bridgehead atoms. The van der Waals surface area contributed by atoms with Gasteiger partial charge in [0, 0.05) is 7.37 Å². The Balaban J connectivity index is 1.03. The van der Waals surface area contributed by atoms with Crippen LogP contribution in [0.5, 0.6) is 0 Å². The molecule has 10 atom stereocenters. The quantitative estimate of drug-likeness (QED) is 0.0747. The van der Waals surface area contributed by atoms with E-state index in [2.05, 4.69) is 29.9 Å². The molecule has 0 aliphatic carbocycles. The van der Waals surface area contributed by atoms with Gasteiger partial charge in [0.1, 0.15) is 75.5 Å². The molecule has 2 fully saturated rings. The average molecular weight is 749 g/mol. The number of fused-ring (bicyclic) bond motifs is 2. The lowest BCUT2D eigenvalue weighted by Gasteiger charge is -2.36. The monoisotopic (exact) mass is 749 g/mol. The van der Waals surface area contributed by atoms with Gasteiger partial charge >= 0.3 is 0 Å². The van der Waals surface area contributed by atoms with Crippen LogP contribution in [0.1, 0.15) is 12.5 Å². The van der Waals surface area contributed by atoms with Gasteiger partial charge in [0.05, 0.1) is 37.7 Å². The van der Waals surface area contributed by atoms with E-state index >= 15 is 0 Å². The molecule has 4 aromatic rings. The van der Waals surface area contributed by atoms with Crippen LogP contribution >= 0.6 is 22.6 Å². The second-order valence-corrected chi connectivity index (χ2v) is 18.0. The lowest BCUT2D eigenvalue weighted by molar-refractivity contribution is -0.205. The van der Waals surface area contributed by atoms with Gasteiger partial charge in [-0.2, -0.15) is 0 Å². The van der Waals surface area contributed by atoms with Crippen molar-refractivity contribution in [3.05, 3.63) is 25.3 Å². The van der Waals surface area contributed by atoms with Gasteiger partial charge in [0.2, 0.25) is 0 Å². The highest BCUT2D eigenvalue weighted by atomic mass is 31.3. The fraction of sp³-hybridized carbons (Fsp3) is 0.545. The summed E-state index contributed by atoms with van der Waals surface area (Å²) in [5, 5.41) is 41.9. The van der Waals surface area contributed by atoms with E-state index in [1.165, 1.54) is 21.8 Å². The van der Waals surface area contributed by atoms with E-state index in [1.54, 1.807) is 0 Å². The summed E-state index contributed by atoms with van der Waals surface area (Å²) in [6.07, 6.45) is -7.66. The minimum atomic E-state index is -5.34. The molecular weight excluding hydrogens is 721 g/mol. The van der Waals surface area contributed by atoms with Crippen molar-refractivity contribution in [1.82, 2.24) is 39.0 Å². The number of hydrogen-bond donors (Lipinski definition) is 6. The Labute approximate surface area is 273 Å². The molecule has 49 heavy (non-hydrogen) atoms. The van der Waals surface area contributed by atoms with Crippen LogP contribution in [0.15, 0.2) is 25.3 Å². The maximum Gasteiger partial charge on any atom is 0.167 e. The number of imidazole rings is 2. The molecular formula is C22H28N10O14P3-3. The third-order valence-corrected chi connectivity index (χ3v) is 14.9. The predicted octanol–water partition coefficient (Wildman–Crippen LogP) is -4.24. The van der Waals surface area contributed by atoms with E-state index in [1.807, 2.05) is 0 Å². The molecule has 8 N–H and O–H groups in total. The van der Waals surface area contributed by atoms with Crippen LogP contribution in [0.3, 0.4) is 0 Å². The summed E-state index contributed by atoms with van der Waals surface area (Å²) in [5.41, 5.74) is 12.1. The second-order valence-electron chi connectivity index (χ2n) is 11.2. The molecule has 6 heterocycles. The smallest absolute Gasteiger partial charge is 0.167 e. The first-order valence-electron chi connectivity index (χ1n) is 14.0. The fourth-order valence-electron chi connectivity index (χ4n) is 5.33. The SMILES string of the molecule is Nc1ncnc2c1ncn2[C@@H]1O[C@H](COP(=O)([O-])CP(=O)([O-])CP(=O)([O-])OC[C@H]2O[C@@H](n3cnc4c(N)ncnc43)[C@H](O)[C@@H]2O)[C@@H](O)[C@H]1O. The van der Waals surface area contributed by atoms with Crippen molar-refractivity contribution in [3.8, 4) is 0 Å². The van der Waals surface area contributed by atoms with E-state index in [0.717, 1.165) is 12.7 Å². The molecule has 4 aromatic heterocycles. The van der Waals surface area contributed by atoms with Crippen LogP contribution in [0.2, 0.25) is 0 Å². The van der Waals surface area contributed by atoms with E-state index in [9.17, 15) is 48.8 Å². The summed E-state index contributed by atoms with van der Waals surface area (Å²) in [4.78, 5) is 61.3. The Kier molecular flexibility index (Phi) is 9.67. The van der Waals surface area contributed by atoms with Crippen molar-refractivity contribution in [1.29, 1.82) is 0 Å². The molecule has 2 aliphatic heterocycles. The van der Waals surface area contributed by atoms with Crippen molar-refractivity contribution < 1.29 is 67.3 Å². The van der Waals surface area contributed by atoms with Crippen LogP contribution in [0, 0.1) is 0 Å². The van der Waals surface area contributed by atoms with Crippen molar-refractivity contribution in [2.45, 2.75) is 49.1 Å². The van der Waals surface area contributed by atoms with Crippen LogP contribution in [0.4, 0.5) is 11.6 Å². The molecule has 0 spiro atoms. The van der Waals surface area contributed by atoms with Crippen LogP contribution in [0.25, 0.3) is 22.3 Å². The van der Waals surface area contributed by atoms with Crippen molar-refractivity contribution in [3.63, 3.8) is 0 Å². The molecule has 2 aliphatic rings. The summed E-state index contributed by atoms with van der Waals surface area (Å²) in [7, 11) is -16.0. The number of anilines is 2. The van der Waals surface area contributed by atoms with Gasteiger partial charge in [0.15, 0.2) is 35.4 Å². The summed E-state index contributed by atoms with van der Waals surface area (Å²) < 4.78 is 60.7. The van der Waals surface area contributed by atoms with Crippen molar-refractivity contribution >= 4 is 56.5 Å². The average Bonchev–Trinajstić information content (AvgIpc) is 3.77. The minimum absolute atomic E-state index is 0.0255. The van der Waals surface area contributed by atoms with Gasteiger partial charge in [-0.05, 0) is 0 Å². The minimum Gasteiger partial charge on any atom is -0.799 e. The highest BCUT2D eigenvalue weighted by Crippen LogP contribution is 2.60. The van der Waals surface area contributed by atoms with Crippen molar-refractivity contribution in [2.75, 3.05) is 36.5 Å².